The summed E-state index contributed by atoms with van der Waals surface area (Å²) in [5.41, 5.74) is 5.86. The smallest absolute Gasteiger partial charge is 0.136 e. The first kappa shape index (κ1) is 18.2. The summed E-state index contributed by atoms with van der Waals surface area (Å²) < 4.78 is 43.2. The molecule has 0 spiro atoms. The van der Waals surface area contributed by atoms with Gasteiger partial charge in [-0.1, -0.05) is 121 Å². The Bertz CT molecular complexity index is 2370. The van der Waals surface area contributed by atoms with E-state index in [4.69, 9.17) is 7.16 Å². The Morgan fingerprint density at radius 1 is 0.385 bits per heavy atom. The van der Waals surface area contributed by atoms with Crippen molar-refractivity contribution in [3.05, 3.63) is 145 Å². The third kappa shape index (κ3) is 3.48. The van der Waals surface area contributed by atoms with Gasteiger partial charge in [-0.25, -0.2) is 0 Å². The molecule has 0 aliphatic heterocycles. The minimum absolute atomic E-state index is 0.0263. The number of benzene rings is 7. The Balaban J connectivity index is 1.49. The molecule has 1 heterocycles. The molecule has 8 rings (SSSR count). The summed E-state index contributed by atoms with van der Waals surface area (Å²) in [6, 6.07) is 39.9. The van der Waals surface area contributed by atoms with Gasteiger partial charge in [0.05, 0.1) is 5.48 Å². The molecule has 0 N–H and O–H groups in total. The summed E-state index contributed by atoms with van der Waals surface area (Å²) in [5, 5.41) is 4.51. The monoisotopic (exact) mass is 500 g/mol. The minimum Gasteiger partial charge on any atom is -0.456 e. The first-order valence-electron chi connectivity index (χ1n) is 15.0. The zero-order valence-corrected chi connectivity index (χ0v) is 21.0. The van der Waals surface area contributed by atoms with Crippen LogP contribution in [-0.4, -0.2) is 0 Å². The fraction of sp³-hybridized carbons (Fsp3) is 0. The second kappa shape index (κ2) is 8.72. The minimum atomic E-state index is -0.0263. The van der Waals surface area contributed by atoms with E-state index in [2.05, 4.69) is 0 Å². The maximum Gasteiger partial charge on any atom is 0.136 e. The van der Waals surface area contributed by atoms with Crippen LogP contribution in [-0.2, 0) is 0 Å². The third-order valence-corrected chi connectivity index (χ3v) is 7.50. The van der Waals surface area contributed by atoms with Crippen molar-refractivity contribution in [2.24, 2.45) is 0 Å². The Morgan fingerprint density at radius 3 is 1.74 bits per heavy atom. The summed E-state index contributed by atoms with van der Waals surface area (Å²) in [4.78, 5) is 0. The Morgan fingerprint density at radius 2 is 1.00 bits per heavy atom. The van der Waals surface area contributed by atoms with Crippen LogP contribution in [0.4, 0.5) is 0 Å². The molecular weight excluding hydrogens is 472 g/mol. The highest BCUT2D eigenvalue weighted by Gasteiger charge is 2.17. The van der Waals surface area contributed by atoms with Gasteiger partial charge in [-0.3, -0.25) is 0 Å². The number of hydrogen-bond donors (Lipinski definition) is 0. The van der Waals surface area contributed by atoms with Crippen molar-refractivity contribution in [2.75, 3.05) is 0 Å². The summed E-state index contributed by atoms with van der Waals surface area (Å²) in [5.74, 6) is 0. The molecule has 182 valence electrons. The maximum atomic E-state index is 9.44. The Labute approximate surface area is 232 Å². The van der Waals surface area contributed by atoms with E-state index in [-0.39, 0.29) is 18.1 Å². The first-order valence-corrected chi connectivity index (χ1v) is 13.0. The number of furan rings is 1. The van der Waals surface area contributed by atoms with Crippen molar-refractivity contribution < 1.29 is 9.90 Å². The average molecular weight is 501 g/mol. The van der Waals surface area contributed by atoms with Crippen LogP contribution in [0.1, 0.15) is 5.48 Å². The SMILES string of the molecule is [2H]c1c(-c2c3ccccc3c(-c3ccccc3)c3c([2H])cccc23)c([2H])c2oc3cc(-c4ccccc4)ccc3c2c1[2H]. The van der Waals surface area contributed by atoms with E-state index in [1.165, 1.54) is 0 Å². The van der Waals surface area contributed by atoms with Crippen LogP contribution in [0.2, 0.25) is 0 Å². The normalized spacial score (nSPS) is 13.0. The van der Waals surface area contributed by atoms with Crippen LogP contribution in [0.5, 0.6) is 0 Å². The second-order valence-corrected chi connectivity index (χ2v) is 9.75. The van der Waals surface area contributed by atoms with Crippen molar-refractivity contribution in [1.82, 2.24) is 0 Å². The molecule has 0 bridgehead atoms. The predicted molar refractivity (Wildman–Crippen MR) is 165 cm³/mol. The second-order valence-electron chi connectivity index (χ2n) is 9.75. The lowest BCUT2D eigenvalue weighted by Gasteiger charge is -2.17. The molecule has 7 aromatic carbocycles. The van der Waals surface area contributed by atoms with Crippen molar-refractivity contribution in [3.8, 4) is 33.4 Å². The fourth-order valence-electron chi connectivity index (χ4n) is 5.74. The quantitative estimate of drug-likeness (QED) is 0.220. The molecule has 8 aromatic rings. The van der Waals surface area contributed by atoms with E-state index in [1.54, 1.807) is 6.07 Å². The van der Waals surface area contributed by atoms with E-state index in [9.17, 15) is 2.74 Å². The molecule has 1 aromatic heterocycles. The summed E-state index contributed by atoms with van der Waals surface area (Å²) in [7, 11) is 0. The average Bonchev–Trinajstić information content (AvgIpc) is 3.44. The van der Waals surface area contributed by atoms with Crippen LogP contribution < -0.4 is 0 Å². The van der Waals surface area contributed by atoms with Gasteiger partial charge in [0.2, 0.25) is 0 Å². The van der Waals surface area contributed by atoms with Crippen molar-refractivity contribution in [3.63, 3.8) is 0 Å². The van der Waals surface area contributed by atoms with Gasteiger partial charge >= 0.3 is 0 Å². The van der Waals surface area contributed by atoms with E-state index in [0.717, 1.165) is 49.2 Å². The van der Waals surface area contributed by atoms with Gasteiger partial charge in [0.15, 0.2) is 0 Å². The molecule has 1 nitrogen and oxygen atoms in total. The van der Waals surface area contributed by atoms with Crippen molar-refractivity contribution >= 4 is 43.5 Å². The van der Waals surface area contributed by atoms with Crippen LogP contribution in [0.15, 0.2) is 150 Å². The molecule has 0 aliphatic carbocycles. The molecule has 0 aliphatic rings. The lowest BCUT2D eigenvalue weighted by Crippen LogP contribution is -1.90. The Kier molecular flexibility index (Phi) is 4.06. The molecule has 0 saturated carbocycles. The molecule has 1 heteroatoms. The Hall–Kier alpha value is -5.14. The van der Waals surface area contributed by atoms with Gasteiger partial charge in [-0.15, -0.1) is 0 Å². The summed E-state index contributed by atoms with van der Waals surface area (Å²) >= 11 is 0. The molecular formula is C38H24O. The van der Waals surface area contributed by atoms with Crippen LogP contribution in [0.3, 0.4) is 0 Å². The van der Waals surface area contributed by atoms with Gasteiger partial charge in [0, 0.05) is 10.8 Å². The van der Waals surface area contributed by atoms with Crippen LogP contribution in [0.25, 0.3) is 76.9 Å². The number of rotatable bonds is 3. The largest absolute Gasteiger partial charge is 0.456 e. The lowest BCUT2D eigenvalue weighted by molar-refractivity contribution is 0.669. The fourth-order valence-corrected chi connectivity index (χ4v) is 5.74. The van der Waals surface area contributed by atoms with E-state index >= 15 is 0 Å². The van der Waals surface area contributed by atoms with Crippen LogP contribution in [0, 0.1) is 0 Å². The van der Waals surface area contributed by atoms with E-state index in [1.807, 2.05) is 115 Å². The molecule has 0 fully saturated rings. The molecule has 0 saturated heterocycles. The lowest BCUT2D eigenvalue weighted by atomic mass is 9.86. The summed E-state index contributed by atoms with van der Waals surface area (Å²) in [6.07, 6.45) is 0. The predicted octanol–water partition coefficient (Wildman–Crippen LogP) is 10.9. The zero-order valence-electron chi connectivity index (χ0n) is 25.0. The van der Waals surface area contributed by atoms with E-state index in [0.29, 0.717) is 33.7 Å². The van der Waals surface area contributed by atoms with E-state index < -0.39 is 0 Å². The van der Waals surface area contributed by atoms with Crippen molar-refractivity contribution in [1.29, 1.82) is 0 Å². The van der Waals surface area contributed by atoms with Gasteiger partial charge < -0.3 is 4.42 Å². The molecule has 0 atom stereocenters. The summed E-state index contributed by atoms with van der Waals surface area (Å²) in [6.45, 7) is 0. The maximum absolute atomic E-state index is 9.44. The molecule has 0 radical (unpaired) electrons. The molecule has 0 amide bonds. The zero-order chi connectivity index (χ0) is 29.2. The number of fused-ring (bicyclic) bond motifs is 5. The van der Waals surface area contributed by atoms with Gasteiger partial charge in [-0.05, 0) is 79.1 Å². The molecule has 39 heavy (non-hydrogen) atoms. The highest BCUT2D eigenvalue weighted by molar-refractivity contribution is 6.22. The van der Waals surface area contributed by atoms with Gasteiger partial charge in [-0.2, -0.15) is 0 Å². The third-order valence-electron chi connectivity index (χ3n) is 7.50. The topological polar surface area (TPSA) is 13.1 Å². The first-order chi connectivity index (χ1) is 21.0. The molecule has 0 unspecified atom stereocenters. The van der Waals surface area contributed by atoms with Crippen LogP contribution >= 0.6 is 0 Å². The van der Waals surface area contributed by atoms with Gasteiger partial charge in [0.25, 0.3) is 0 Å². The number of hydrogen-bond acceptors (Lipinski definition) is 1. The van der Waals surface area contributed by atoms with Crippen molar-refractivity contribution in [2.45, 2.75) is 0 Å². The standard InChI is InChI=1S/C38H24O/c1-3-11-25(12-4-1)27-19-21-29-30-22-20-28(24-36(30)39-35(29)23-27)38-33-17-9-7-15-31(33)37(26-13-5-2-6-14-26)32-16-8-10-18-34(32)38/h1-24H/i15D,20D,22D,24D. The van der Waals surface area contributed by atoms with Gasteiger partial charge in [0.1, 0.15) is 11.2 Å². The highest BCUT2D eigenvalue weighted by atomic mass is 16.3. The highest BCUT2D eigenvalue weighted by Crippen LogP contribution is 2.44.